The lowest BCUT2D eigenvalue weighted by Crippen LogP contribution is -1.95. The third-order valence-corrected chi connectivity index (χ3v) is 1.13. The molecule has 60 valence electrons. The molecule has 0 spiro atoms. The maximum atomic E-state index is 9.95. The molecule has 4 nitrogen and oxygen atoms in total. The zero-order chi connectivity index (χ0) is 7.82. The summed E-state index contributed by atoms with van der Waals surface area (Å²) < 4.78 is 0. The smallest absolute Gasteiger partial charge is 0.303 e. The largest absolute Gasteiger partial charge is 0.481 e. The second kappa shape index (κ2) is 6.51. The summed E-state index contributed by atoms with van der Waals surface area (Å²) in [6, 6.07) is 0. The van der Waals surface area contributed by atoms with Crippen LogP contribution in [-0.4, -0.2) is 22.9 Å². The highest BCUT2D eigenvalue weighted by Crippen LogP contribution is 1.98. The molecule has 0 fully saturated rings. The first-order valence-corrected chi connectivity index (χ1v) is 3.25. The van der Waals surface area contributed by atoms with Gasteiger partial charge in [-0.05, 0) is 12.8 Å². The number of carboxylic acids is 1. The van der Waals surface area contributed by atoms with Crippen molar-refractivity contribution >= 4 is 5.97 Å². The summed E-state index contributed by atoms with van der Waals surface area (Å²) in [5, 5.41) is 16.0. The van der Waals surface area contributed by atoms with Gasteiger partial charge in [0, 0.05) is 6.42 Å². The van der Waals surface area contributed by atoms with Crippen LogP contribution in [0.1, 0.15) is 25.7 Å². The molecule has 0 saturated carbocycles. The number of carbonyl (C=O) groups is 1. The molecule has 0 aromatic rings. The van der Waals surface area contributed by atoms with E-state index >= 15 is 0 Å². The molecule has 0 amide bonds. The molecular formula is C6H12O4. The lowest BCUT2D eigenvalue weighted by Gasteiger charge is -1.95. The molecule has 4 heteroatoms. The van der Waals surface area contributed by atoms with Crippen LogP contribution in [0.15, 0.2) is 0 Å². The van der Waals surface area contributed by atoms with E-state index in [-0.39, 0.29) is 6.42 Å². The van der Waals surface area contributed by atoms with E-state index < -0.39 is 5.97 Å². The van der Waals surface area contributed by atoms with Crippen LogP contribution in [-0.2, 0) is 9.68 Å². The third-order valence-electron chi connectivity index (χ3n) is 1.13. The molecule has 0 heterocycles. The monoisotopic (exact) mass is 148 g/mol. The van der Waals surface area contributed by atoms with Gasteiger partial charge in [0.25, 0.3) is 0 Å². The Morgan fingerprint density at radius 3 is 2.50 bits per heavy atom. The Kier molecular flexibility index (Phi) is 6.11. The van der Waals surface area contributed by atoms with Crippen molar-refractivity contribution in [1.82, 2.24) is 0 Å². The van der Waals surface area contributed by atoms with Gasteiger partial charge in [0.2, 0.25) is 0 Å². The fraction of sp³-hybridized carbons (Fsp3) is 0.833. The second-order valence-electron chi connectivity index (χ2n) is 2.04. The van der Waals surface area contributed by atoms with E-state index in [9.17, 15) is 4.79 Å². The molecule has 0 atom stereocenters. The number of hydrogen-bond acceptors (Lipinski definition) is 3. The normalized spacial score (nSPS) is 9.70. The quantitative estimate of drug-likeness (QED) is 0.336. The van der Waals surface area contributed by atoms with Crippen LogP contribution < -0.4 is 0 Å². The molecule has 0 aromatic heterocycles. The molecule has 0 bridgehead atoms. The molecule has 0 saturated heterocycles. The van der Waals surface area contributed by atoms with Gasteiger partial charge in [0.15, 0.2) is 0 Å². The van der Waals surface area contributed by atoms with Crippen LogP contribution in [0.3, 0.4) is 0 Å². The van der Waals surface area contributed by atoms with E-state index in [1.165, 1.54) is 0 Å². The Hall–Kier alpha value is -0.610. The maximum Gasteiger partial charge on any atom is 0.303 e. The molecule has 0 aliphatic heterocycles. The lowest BCUT2D eigenvalue weighted by molar-refractivity contribution is -0.242. The van der Waals surface area contributed by atoms with E-state index in [0.29, 0.717) is 19.4 Å². The summed E-state index contributed by atoms with van der Waals surface area (Å²) >= 11 is 0. The predicted molar refractivity (Wildman–Crippen MR) is 34.7 cm³/mol. The Labute approximate surface area is 59.4 Å². The van der Waals surface area contributed by atoms with Crippen molar-refractivity contribution < 1.29 is 20.0 Å². The number of carboxylic acid groups (broad SMARTS) is 1. The van der Waals surface area contributed by atoms with E-state index in [1.54, 1.807) is 0 Å². The first-order valence-electron chi connectivity index (χ1n) is 3.25. The molecule has 2 N–H and O–H groups in total. The van der Waals surface area contributed by atoms with Crippen molar-refractivity contribution in [3.05, 3.63) is 0 Å². The molecule has 0 rings (SSSR count). The number of rotatable bonds is 6. The first kappa shape index (κ1) is 9.39. The number of hydrogen-bond donors (Lipinski definition) is 2. The van der Waals surface area contributed by atoms with E-state index in [0.717, 1.165) is 6.42 Å². The third kappa shape index (κ3) is 7.39. The summed E-state index contributed by atoms with van der Waals surface area (Å²) in [4.78, 5) is 13.8. The van der Waals surface area contributed by atoms with Gasteiger partial charge in [-0.2, -0.15) is 0 Å². The van der Waals surface area contributed by atoms with Gasteiger partial charge >= 0.3 is 5.97 Å². The molecule has 10 heavy (non-hydrogen) atoms. The Bertz CT molecular complexity index is 91.7. The van der Waals surface area contributed by atoms with Crippen LogP contribution in [0.2, 0.25) is 0 Å². The molecular weight excluding hydrogens is 136 g/mol. The van der Waals surface area contributed by atoms with E-state index in [4.69, 9.17) is 10.4 Å². The first-order chi connectivity index (χ1) is 4.77. The lowest BCUT2D eigenvalue weighted by atomic mass is 10.2. The zero-order valence-corrected chi connectivity index (χ0v) is 5.75. The maximum absolute atomic E-state index is 9.95. The summed E-state index contributed by atoms with van der Waals surface area (Å²) in [7, 11) is 0. The Balaban J connectivity index is 2.84. The van der Waals surface area contributed by atoms with Gasteiger partial charge in [-0.1, -0.05) is 6.42 Å². The summed E-state index contributed by atoms with van der Waals surface area (Å²) in [5.74, 6) is -0.773. The number of unbranched alkanes of at least 4 members (excludes halogenated alkanes) is 2. The van der Waals surface area contributed by atoms with Crippen LogP contribution in [0.5, 0.6) is 0 Å². The van der Waals surface area contributed by atoms with Crippen LogP contribution in [0, 0.1) is 0 Å². The van der Waals surface area contributed by atoms with Crippen molar-refractivity contribution in [3.63, 3.8) is 0 Å². The van der Waals surface area contributed by atoms with Crippen LogP contribution in [0.4, 0.5) is 0 Å². The summed E-state index contributed by atoms with van der Waals surface area (Å²) in [6.07, 6.45) is 2.35. The topological polar surface area (TPSA) is 66.8 Å². The fourth-order valence-corrected chi connectivity index (χ4v) is 0.620. The van der Waals surface area contributed by atoms with Crippen molar-refractivity contribution in [3.8, 4) is 0 Å². The standard InChI is InChI=1S/C6H12O4/c7-6(8)4-2-1-3-5-10-9/h9H,1-5H2,(H,7,8). The van der Waals surface area contributed by atoms with Gasteiger partial charge in [-0.3, -0.25) is 10.1 Å². The van der Waals surface area contributed by atoms with Crippen LogP contribution >= 0.6 is 0 Å². The van der Waals surface area contributed by atoms with Crippen molar-refractivity contribution in [2.45, 2.75) is 25.7 Å². The molecule has 0 aromatic carbocycles. The minimum absolute atomic E-state index is 0.200. The average Bonchev–Trinajstić information content (AvgIpc) is 1.87. The highest BCUT2D eigenvalue weighted by molar-refractivity contribution is 5.66. The molecule has 0 aliphatic rings. The van der Waals surface area contributed by atoms with Gasteiger partial charge in [-0.15, -0.1) is 0 Å². The predicted octanol–water partition coefficient (Wildman–Crippen LogP) is 1.12. The summed E-state index contributed by atoms with van der Waals surface area (Å²) in [5.41, 5.74) is 0. The summed E-state index contributed by atoms with van der Waals surface area (Å²) in [6.45, 7) is 0.291. The van der Waals surface area contributed by atoms with E-state index in [2.05, 4.69) is 4.89 Å². The molecule has 0 aliphatic carbocycles. The van der Waals surface area contributed by atoms with Gasteiger partial charge in [-0.25, -0.2) is 4.89 Å². The van der Waals surface area contributed by atoms with Crippen LogP contribution in [0.25, 0.3) is 0 Å². The highest BCUT2D eigenvalue weighted by atomic mass is 17.1. The minimum atomic E-state index is -0.773. The van der Waals surface area contributed by atoms with Gasteiger partial charge < -0.3 is 5.11 Å². The molecule has 0 radical (unpaired) electrons. The van der Waals surface area contributed by atoms with Crippen molar-refractivity contribution in [2.75, 3.05) is 6.61 Å². The highest BCUT2D eigenvalue weighted by Gasteiger charge is 1.95. The molecule has 0 unspecified atom stereocenters. The van der Waals surface area contributed by atoms with Crippen molar-refractivity contribution in [2.24, 2.45) is 0 Å². The minimum Gasteiger partial charge on any atom is -0.481 e. The van der Waals surface area contributed by atoms with Gasteiger partial charge in [0.1, 0.15) is 0 Å². The zero-order valence-electron chi connectivity index (χ0n) is 5.75. The Morgan fingerprint density at radius 2 is 2.00 bits per heavy atom. The Morgan fingerprint density at radius 1 is 1.30 bits per heavy atom. The van der Waals surface area contributed by atoms with E-state index in [1.807, 2.05) is 0 Å². The second-order valence-corrected chi connectivity index (χ2v) is 2.04. The van der Waals surface area contributed by atoms with Gasteiger partial charge in [0.05, 0.1) is 6.61 Å². The fourth-order valence-electron chi connectivity index (χ4n) is 0.620. The van der Waals surface area contributed by atoms with Crippen molar-refractivity contribution in [1.29, 1.82) is 0 Å². The SMILES string of the molecule is O=C(O)CCCCCOO. The number of aliphatic carboxylic acids is 1. The average molecular weight is 148 g/mol.